The molecule has 2 heterocycles. The second kappa shape index (κ2) is 5.99. The number of nitrogens with zero attached hydrogens (tertiary/aromatic N) is 5. The van der Waals surface area contributed by atoms with Gasteiger partial charge < -0.3 is 9.80 Å². The number of piperidine rings is 1. The molecule has 7 heteroatoms. The molecule has 1 aromatic heterocycles. The standard InChI is InChI=1S/C11H17Cl2N5/c1-17(2)7-8-3-5-18(6-4-8)10-9(12)15-16-11(13)14-10/h8H,3-7H2,1-2H3. The van der Waals surface area contributed by atoms with Crippen LogP contribution in [0.1, 0.15) is 12.8 Å². The van der Waals surface area contributed by atoms with Crippen molar-refractivity contribution in [3.8, 4) is 0 Å². The summed E-state index contributed by atoms with van der Waals surface area (Å²) in [5, 5.41) is 7.89. The Morgan fingerprint density at radius 1 is 1.22 bits per heavy atom. The summed E-state index contributed by atoms with van der Waals surface area (Å²) in [5.74, 6) is 1.39. The molecule has 100 valence electrons. The molecule has 1 aliphatic heterocycles. The summed E-state index contributed by atoms with van der Waals surface area (Å²) in [6.45, 7) is 3.00. The maximum absolute atomic E-state index is 6.01. The number of anilines is 1. The molecule has 0 atom stereocenters. The van der Waals surface area contributed by atoms with Crippen LogP contribution in [-0.4, -0.2) is 53.8 Å². The second-order valence-electron chi connectivity index (χ2n) is 4.89. The van der Waals surface area contributed by atoms with E-state index in [4.69, 9.17) is 23.2 Å². The quantitative estimate of drug-likeness (QED) is 0.851. The van der Waals surface area contributed by atoms with Gasteiger partial charge in [-0.1, -0.05) is 11.6 Å². The largest absolute Gasteiger partial charge is 0.354 e. The third-order valence-corrected chi connectivity index (χ3v) is 3.55. The summed E-state index contributed by atoms with van der Waals surface area (Å²) in [5.41, 5.74) is 0. The number of rotatable bonds is 3. The lowest BCUT2D eigenvalue weighted by Crippen LogP contribution is -2.37. The van der Waals surface area contributed by atoms with Gasteiger partial charge in [0.15, 0.2) is 11.0 Å². The summed E-state index contributed by atoms with van der Waals surface area (Å²) >= 11 is 11.8. The number of hydrogen-bond acceptors (Lipinski definition) is 5. The van der Waals surface area contributed by atoms with Gasteiger partial charge in [-0.25, -0.2) is 0 Å². The highest BCUT2D eigenvalue weighted by Gasteiger charge is 2.23. The van der Waals surface area contributed by atoms with Crippen LogP contribution in [0.3, 0.4) is 0 Å². The number of halogens is 2. The van der Waals surface area contributed by atoms with Gasteiger partial charge in [0, 0.05) is 19.6 Å². The molecule has 0 unspecified atom stereocenters. The van der Waals surface area contributed by atoms with Crippen LogP contribution in [-0.2, 0) is 0 Å². The van der Waals surface area contributed by atoms with Gasteiger partial charge in [0.2, 0.25) is 5.28 Å². The van der Waals surface area contributed by atoms with Crippen LogP contribution >= 0.6 is 23.2 Å². The molecule has 0 saturated carbocycles. The van der Waals surface area contributed by atoms with Gasteiger partial charge >= 0.3 is 0 Å². The van der Waals surface area contributed by atoms with E-state index in [0.29, 0.717) is 11.0 Å². The van der Waals surface area contributed by atoms with Crippen LogP contribution in [0.25, 0.3) is 0 Å². The minimum atomic E-state index is 0.143. The maximum Gasteiger partial charge on any atom is 0.245 e. The van der Waals surface area contributed by atoms with Gasteiger partial charge in [-0.15, -0.1) is 10.2 Å². The van der Waals surface area contributed by atoms with Crippen molar-refractivity contribution in [2.45, 2.75) is 12.8 Å². The van der Waals surface area contributed by atoms with Crippen LogP contribution in [0.4, 0.5) is 5.82 Å². The highest BCUT2D eigenvalue weighted by Crippen LogP contribution is 2.26. The Morgan fingerprint density at radius 2 is 1.89 bits per heavy atom. The van der Waals surface area contributed by atoms with E-state index in [2.05, 4.69) is 39.1 Å². The fourth-order valence-electron chi connectivity index (χ4n) is 2.33. The van der Waals surface area contributed by atoms with Gasteiger partial charge in [0.1, 0.15) is 0 Å². The van der Waals surface area contributed by atoms with E-state index in [1.165, 1.54) is 0 Å². The minimum absolute atomic E-state index is 0.143. The predicted molar refractivity (Wildman–Crippen MR) is 73.3 cm³/mol. The van der Waals surface area contributed by atoms with Gasteiger partial charge in [0.25, 0.3) is 0 Å². The molecule has 0 aliphatic carbocycles. The Bertz CT molecular complexity index is 404. The van der Waals surface area contributed by atoms with Crippen molar-refractivity contribution < 1.29 is 0 Å². The first-order chi connectivity index (χ1) is 8.56. The Kier molecular flexibility index (Phi) is 4.59. The third kappa shape index (κ3) is 3.43. The highest BCUT2D eigenvalue weighted by molar-refractivity contribution is 6.32. The summed E-state index contributed by atoms with van der Waals surface area (Å²) in [7, 11) is 4.22. The van der Waals surface area contributed by atoms with Gasteiger partial charge in [0.05, 0.1) is 0 Å². The topological polar surface area (TPSA) is 45.2 Å². The molecule has 0 spiro atoms. The van der Waals surface area contributed by atoms with Gasteiger partial charge in [-0.2, -0.15) is 4.98 Å². The Labute approximate surface area is 117 Å². The van der Waals surface area contributed by atoms with Crippen LogP contribution < -0.4 is 4.90 Å². The zero-order valence-electron chi connectivity index (χ0n) is 10.6. The molecule has 18 heavy (non-hydrogen) atoms. The summed E-state index contributed by atoms with van der Waals surface area (Å²) in [6.07, 6.45) is 2.27. The minimum Gasteiger partial charge on any atom is -0.354 e. The van der Waals surface area contributed by atoms with E-state index in [9.17, 15) is 0 Å². The average molecular weight is 290 g/mol. The fourth-order valence-corrected chi connectivity index (χ4v) is 2.65. The van der Waals surface area contributed by atoms with E-state index in [0.717, 1.165) is 38.4 Å². The first kappa shape index (κ1) is 13.8. The fraction of sp³-hybridized carbons (Fsp3) is 0.727. The molecular weight excluding hydrogens is 273 g/mol. The van der Waals surface area contributed by atoms with Crippen molar-refractivity contribution in [1.29, 1.82) is 0 Å². The zero-order valence-corrected chi connectivity index (χ0v) is 12.1. The van der Waals surface area contributed by atoms with E-state index in [1.807, 2.05) is 0 Å². The van der Waals surface area contributed by atoms with Crippen LogP contribution in [0.5, 0.6) is 0 Å². The molecule has 0 bridgehead atoms. The molecule has 1 aromatic rings. The predicted octanol–water partition coefficient (Wildman–Crippen LogP) is 1.96. The van der Waals surface area contributed by atoms with E-state index in [1.54, 1.807) is 0 Å². The molecule has 0 amide bonds. The molecule has 5 nitrogen and oxygen atoms in total. The number of aromatic nitrogens is 3. The monoisotopic (exact) mass is 289 g/mol. The Morgan fingerprint density at radius 3 is 2.50 bits per heavy atom. The number of hydrogen-bond donors (Lipinski definition) is 0. The molecule has 2 rings (SSSR count). The molecule has 1 saturated heterocycles. The van der Waals surface area contributed by atoms with Crippen molar-refractivity contribution >= 4 is 29.0 Å². The molecule has 0 aromatic carbocycles. The molecule has 0 radical (unpaired) electrons. The molecular formula is C11H17Cl2N5. The molecule has 1 aliphatic rings. The Hall–Kier alpha value is -0.650. The highest BCUT2D eigenvalue weighted by atomic mass is 35.5. The lowest BCUT2D eigenvalue weighted by atomic mass is 9.96. The van der Waals surface area contributed by atoms with Crippen LogP contribution in [0, 0.1) is 5.92 Å². The van der Waals surface area contributed by atoms with Crippen LogP contribution in [0.2, 0.25) is 10.4 Å². The average Bonchev–Trinajstić information content (AvgIpc) is 2.33. The van der Waals surface area contributed by atoms with Gasteiger partial charge in [-0.3, -0.25) is 0 Å². The van der Waals surface area contributed by atoms with Gasteiger partial charge in [-0.05, 0) is 44.5 Å². The lowest BCUT2D eigenvalue weighted by molar-refractivity contribution is 0.284. The first-order valence-corrected chi connectivity index (χ1v) is 6.77. The maximum atomic E-state index is 6.01. The summed E-state index contributed by atoms with van der Waals surface area (Å²) in [4.78, 5) is 8.52. The molecule has 1 fully saturated rings. The van der Waals surface area contributed by atoms with Crippen molar-refractivity contribution in [3.63, 3.8) is 0 Å². The smallest absolute Gasteiger partial charge is 0.245 e. The van der Waals surface area contributed by atoms with Crippen molar-refractivity contribution in [2.75, 3.05) is 38.6 Å². The Balaban J connectivity index is 1.99. The van der Waals surface area contributed by atoms with Crippen molar-refractivity contribution in [1.82, 2.24) is 20.1 Å². The summed E-state index contributed by atoms with van der Waals surface area (Å²) in [6, 6.07) is 0. The van der Waals surface area contributed by atoms with Crippen molar-refractivity contribution in [3.05, 3.63) is 10.4 Å². The zero-order chi connectivity index (χ0) is 13.1. The molecule has 0 N–H and O–H groups in total. The van der Waals surface area contributed by atoms with Crippen molar-refractivity contribution in [2.24, 2.45) is 5.92 Å². The van der Waals surface area contributed by atoms with E-state index < -0.39 is 0 Å². The van der Waals surface area contributed by atoms with E-state index in [-0.39, 0.29) is 5.28 Å². The van der Waals surface area contributed by atoms with Crippen LogP contribution in [0.15, 0.2) is 0 Å². The normalized spacial score (nSPS) is 17.5. The SMILES string of the molecule is CN(C)CC1CCN(c2nc(Cl)nnc2Cl)CC1. The first-order valence-electron chi connectivity index (χ1n) is 6.01. The third-order valence-electron chi connectivity index (χ3n) is 3.14. The lowest BCUT2D eigenvalue weighted by Gasteiger charge is -2.33. The van der Waals surface area contributed by atoms with E-state index >= 15 is 0 Å². The second-order valence-corrected chi connectivity index (χ2v) is 5.58. The summed E-state index contributed by atoms with van der Waals surface area (Å²) < 4.78 is 0.